The molecule has 0 aromatic heterocycles. The Balaban J connectivity index is 2.41. The van der Waals surface area contributed by atoms with Gasteiger partial charge >= 0.3 is 0 Å². The molecule has 3 nitrogen and oxygen atoms in total. The number of hydrogen-bond donors (Lipinski definition) is 2. The van der Waals surface area contributed by atoms with Gasteiger partial charge in [0.05, 0.1) is 12.7 Å². The van der Waals surface area contributed by atoms with Crippen LogP contribution in [0.25, 0.3) is 0 Å². The summed E-state index contributed by atoms with van der Waals surface area (Å²) in [5.41, 5.74) is 6.63. The van der Waals surface area contributed by atoms with Gasteiger partial charge in [-0.2, -0.15) is 0 Å². The van der Waals surface area contributed by atoms with E-state index in [1.165, 1.54) is 0 Å². The highest BCUT2D eigenvalue weighted by molar-refractivity contribution is 5.53. The molecule has 0 atom stereocenters. The van der Waals surface area contributed by atoms with Gasteiger partial charge in [-0.05, 0) is 31.0 Å². The van der Waals surface area contributed by atoms with E-state index >= 15 is 0 Å². The fourth-order valence-corrected chi connectivity index (χ4v) is 2.29. The Labute approximate surface area is 89.9 Å². The second-order valence-electron chi connectivity index (χ2n) is 4.19. The van der Waals surface area contributed by atoms with Crippen LogP contribution in [0, 0.1) is 0 Å². The first-order valence-electron chi connectivity index (χ1n) is 5.32. The summed E-state index contributed by atoms with van der Waals surface area (Å²) in [6.07, 6.45) is 3.72. The summed E-state index contributed by atoms with van der Waals surface area (Å²) >= 11 is 0. The van der Waals surface area contributed by atoms with E-state index in [9.17, 15) is 5.11 Å². The number of nitrogen functional groups attached to an aromatic ring is 1. The van der Waals surface area contributed by atoms with Gasteiger partial charge in [0.15, 0.2) is 0 Å². The SMILES string of the molecule is COc1ccc(N)c(C2(O)CCCC2)c1. The zero-order chi connectivity index (χ0) is 10.9. The first-order chi connectivity index (χ1) is 7.15. The first kappa shape index (κ1) is 10.3. The predicted molar refractivity (Wildman–Crippen MR) is 59.8 cm³/mol. The maximum atomic E-state index is 10.4. The summed E-state index contributed by atoms with van der Waals surface area (Å²) in [7, 11) is 1.62. The zero-order valence-corrected chi connectivity index (χ0v) is 8.99. The highest BCUT2D eigenvalue weighted by atomic mass is 16.5. The van der Waals surface area contributed by atoms with Crippen molar-refractivity contribution < 1.29 is 9.84 Å². The van der Waals surface area contributed by atoms with Crippen LogP contribution < -0.4 is 10.5 Å². The van der Waals surface area contributed by atoms with Crippen LogP contribution in [0.3, 0.4) is 0 Å². The van der Waals surface area contributed by atoms with Crippen LogP contribution in [0.2, 0.25) is 0 Å². The summed E-state index contributed by atoms with van der Waals surface area (Å²) in [5, 5.41) is 10.4. The molecular weight excluding hydrogens is 190 g/mol. The quantitative estimate of drug-likeness (QED) is 0.730. The van der Waals surface area contributed by atoms with Crippen LogP contribution in [0.1, 0.15) is 31.2 Å². The second kappa shape index (κ2) is 3.74. The molecule has 0 aliphatic heterocycles. The Hall–Kier alpha value is -1.22. The van der Waals surface area contributed by atoms with E-state index in [4.69, 9.17) is 10.5 Å². The van der Waals surface area contributed by atoms with Crippen molar-refractivity contribution in [3.63, 3.8) is 0 Å². The lowest BCUT2D eigenvalue weighted by Gasteiger charge is -2.24. The summed E-state index contributed by atoms with van der Waals surface area (Å²) in [6.45, 7) is 0. The summed E-state index contributed by atoms with van der Waals surface area (Å²) in [6, 6.07) is 5.46. The maximum absolute atomic E-state index is 10.4. The van der Waals surface area contributed by atoms with Crippen molar-refractivity contribution in [1.29, 1.82) is 0 Å². The minimum Gasteiger partial charge on any atom is -0.497 e. The highest BCUT2D eigenvalue weighted by Crippen LogP contribution is 2.41. The van der Waals surface area contributed by atoms with Crippen LogP contribution in [-0.2, 0) is 5.60 Å². The number of nitrogens with two attached hydrogens (primary N) is 1. The second-order valence-corrected chi connectivity index (χ2v) is 4.19. The number of methoxy groups -OCH3 is 1. The molecule has 1 aliphatic carbocycles. The molecule has 1 aliphatic rings. The molecule has 15 heavy (non-hydrogen) atoms. The number of aliphatic hydroxyl groups is 1. The molecular formula is C12H17NO2. The number of benzene rings is 1. The predicted octanol–water partition coefficient (Wildman–Crippen LogP) is 2.04. The fourth-order valence-electron chi connectivity index (χ4n) is 2.29. The highest BCUT2D eigenvalue weighted by Gasteiger charge is 2.34. The lowest BCUT2D eigenvalue weighted by atomic mass is 9.91. The Morgan fingerprint density at radius 1 is 1.33 bits per heavy atom. The molecule has 3 heteroatoms. The molecule has 1 aromatic rings. The Morgan fingerprint density at radius 2 is 2.00 bits per heavy atom. The molecule has 0 bridgehead atoms. The van der Waals surface area contributed by atoms with Crippen LogP contribution in [0.5, 0.6) is 5.75 Å². The van der Waals surface area contributed by atoms with Crippen molar-refractivity contribution >= 4 is 5.69 Å². The van der Waals surface area contributed by atoms with E-state index < -0.39 is 5.60 Å². The molecule has 0 saturated heterocycles. The van der Waals surface area contributed by atoms with Crippen molar-refractivity contribution in [2.45, 2.75) is 31.3 Å². The summed E-state index contributed by atoms with van der Waals surface area (Å²) < 4.78 is 5.15. The molecule has 1 fully saturated rings. The molecule has 0 heterocycles. The van der Waals surface area contributed by atoms with Gasteiger partial charge in [0.2, 0.25) is 0 Å². The van der Waals surface area contributed by atoms with Crippen LogP contribution in [0.15, 0.2) is 18.2 Å². The maximum Gasteiger partial charge on any atom is 0.119 e. The van der Waals surface area contributed by atoms with E-state index in [2.05, 4.69) is 0 Å². The standard InChI is InChI=1S/C12H17NO2/c1-15-9-4-5-11(13)10(8-9)12(14)6-2-3-7-12/h4-5,8,14H,2-3,6-7,13H2,1H3. The van der Waals surface area contributed by atoms with Gasteiger partial charge in [0.25, 0.3) is 0 Å². The average Bonchev–Trinajstić information content (AvgIpc) is 2.67. The molecule has 0 unspecified atom stereocenters. The summed E-state index contributed by atoms with van der Waals surface area (Å²) in [5.74, 6) is 0.750. The van der Waals surface area contributed by atoms with E-state index in [0.29, 0.717) is 5.69 Å². The van der Waals surface area contributed by atoms with Crippen LogP contribution in [-0.4, -0.2) is 12.2 Å². The Bertz CT molecular complexity index is 357. The molecule has 1 aromatic carbocycles. The van der Waals surface area contributed by atoms with Crippen molar-refractivity contribution in [3.05, 3.63) is 23.8 Å². The topological polar surface area (TPSA) is 55.5 Å². The largest absolute Gasteiger partial charge is 0.497 e. The third-order valence-electron chi connectivity index (χ3n) is 3.19. The number of anilines is 1. The zero-order valence-electron chi connectivity index (χ0n) is 8.99. The van der Waals surface area contributed by atoms with Crippen molar-refractivity contribution in [2.75, 3.05) is 12.8 Å². The van der Waals surface area contributed by atoms with Gasteiger partial charge in [0, 0.05) is 11.3 Å². The normalized spacial score (nSPS) is 19.1. The van der Waals surface area contributed by atoms with E-state index in [1.54, 1.807) is 13.2 Å². The number of hydrogen-bond acceptors (Lipinski definition) is 3. The van der Waals surface area contributed by atoms with Gasteiger partial charge in [-0.25, -0.2) is 0 Å². The average molecular weight is 207 g/mol. The van der Waals surface area contributed by atoms with Crippen molar-refractivity contribution in [3.8, 4) is 5.75 Å². The lowest BCUT2D eigenvalue weighted by molar-refractivity contribution is 0.0450. The van der Waals surface area contributed by atoms with Crippen LogP contribution in [0.4, 0.5) is 5.69 Å². The minimum absolute atomic E-state index is 0.653. The summed E-state index contributed by atoms with van der Waals surface area (Å²) in [4.78, 5) is 0. The molecule has 0 amide bonds. The monoisotopic (exact) mass is 207 g/mol. The first-order valence-corrected chi connectivity index (χ1v) is 5.32. The van der Waals surface area contributed by atoms with E-state index in [0.717, 1.165) is 37.0 Å². The van der Waals surface area contributed by atoms with Crippen LogP contribution >= 0.6 is 0 Å². The minimum atomic E-state index is -0.737. The van der Waals surface area contributed by atoms with Crippen molar-refractivity contribution in [1.82, 2.24) is 0 Å². The van der Waals surface area contributed by atoms with E-state index in [1.807, 2.05) is 12.1 Å². The number of rotatable bonds is 2. The Morgan fingerprint density at radius 3 is 2.60 bits per heavy atom. The van der Waals surface area contributed by atoms with E-state index in [-0.39, 0.29) is 0 Å². The molecule has 3 N–H and O–H groups in total. The van der Waals surface area contributed by atoms with Gasteiger partial charge in [-0.15, -0.1) is 0 Å². The molecule has 2 rings (SSSR count). The fraction of sp³-hybridized carbons (Fsp3) is 0.500. The van der Waals surface area contributed by atoms with Gasteiger partial charge < -0.3 is 15.6 Å². The van der Waals surface area contributed by atoms with Crippen molar-refractivity contribution in [2.24, 2.45) is 0 Å². The van der Waals surface area contributed by atoms with Gasteiger partial charge in [-0.3, -0.25) is 0 Å². The Kier molecular flexibility index (Phi) is 2.57. The third kappa shape index (κ3) is 1.79. The smallest absolute Gasteiger partial charge is 0.119 e. The molecule has 0 radical (unpaired) electrons. The molecule has 82 valence electrons. The van der Waals surface area contributed by atoms with Gasteiger partial charge in [-0.1, -0.05) is 12.8 Å². The third-order valence-corrected chi connectivity index (χ3v) is 3.19. The molecule has 1 saturated carbocycles. The number of ether oxygens (including phenoxy) is 1. The lowest BCUT2D eigenvalue weighted by Crippen LogP contribution is -2.22. The van der Waals surface area contributed by atoms with Gasteiger partial charge in [0.1, 0.15) is 5.75 Å². The molecule has 0 spiro atoms.